The number of halogens is 2. The molecule has 112 valence electrons. The lowest BCUT2D eigenvalue weighted by Crippen LogP contribution is -2.05. The second-order valence-electron chi connectivity index (χ2n) is 5.34. The average Bonchev–Trinajstić information content (AvgIpc) is 2.77. The summed E-state index contributed by atoms with van der Waals surface area (Å²) in [6, 6.07) is 8.62. The van der Waals surface area contributed by atoms with Gasteiger partial charge in [0.25, 0.3) is 5.92 Å². The molecule has 4 nitrogen and oxygen atoms in total. The second-order valence-corrected chi connectivity index (χ2v) is 7.36. The smallest absolute Gasteiger partial charge is 0.260 e. The van der Waals surface area contributed by atoms with Gasteiger partial charge in [0.2, 0.25) is 0 Å². The van der Waals surface area contributed by atoms with Gasteiger partial charge in [0.05, 0.1) is 24.6 Å². The Kier molecular flexibility index (Phi) is 3.12. The first-order chi connectivity index (χ1) is 9.80. The van der Waals surface area contributed by atoms with Gasteiger partial charge < -0.3 is 0 Å². The largest absolute Gasteiger partial charge is 0.271 e. The van der Waals surface area contributed by atoms with E-state index in [1.165, 1.54) is 17.1 Å². The Labute approximate surface area is 121 Å². The topological polar surface area (TPSA) is 52.0 Å². The van der Waals surface area contributed by atoms with E-state index in [0.717, 1.165) is 6.26 Å². The van der Waals surface area contributed by atoms with Crippen molar-refractivity contribution >= 4 is 9.84 Å². The van der Waals surface area contributed by atoms with Crippen molar-refractivity contribution in [3.8, 4) is 0 Å². The lowest BCUT2D eigenvalue weighted by molar-refractivity contribution is 0.0891. The molecule has 0 N–H and O–H groups in total. The van der Waals surface area contributed by atoms with Gasteiger partial charge in [0.15, 0.2) is 9.84 Å². The van der Waals surface area contributed by atoms with Crippen LogP contribution in [-0.2, 0) is 16.4 Å². The van der Waals surface area contributed by atoms with Crippen LogP contribution in [0, 0.1) is 5.92 Å². The lowest BCUT2D eigenvalue weighted by atomic mass is 10.1. The van der Waals surface area contributed by atoms with Gasteiger partial charge >= 0.3 is 0 Å². The van der Waals surface area contributed by atoms with Crippen LogP contribution in [0.2, 0.25) is 0 Å². The number of nitrogens with zero attached hydrogens (tertiary/aromatic N) is 2. The third-order valence-electron chi connectivity index (χ3n) is 3.78. The van der Waals surface area contributed by atoms with Crippen molar-refractivity contribution < 1.29 is 17.2 Å². The zero-order valence-corrected chi connectivity index (χ0v) is 12.1. The highest BCUT2D eigenvalue weighted by Gasteiger charge is 2.68. The molecule has 0 aliphatic heterocycles. The minimum atomic E-state index is -3.36. The molecule has 0 bridgehead atoms. The molecule has 3 rings (SSSR count). The molecule has 0 amide bonds. The summed E-state index contributed by atoms with van der Waals surface area (Å²) in [5.74, 6) is -4.46. The number of alkyl halides is 2. The maximum atomic E-state index is 13.9. The molecule has 2 aromatic rings. The van der Waals surface area contributed by atoms with Crippen molar-refractivity contribution in [1.82, 2.24) is 9.78 Å². The van der Waals surface area contributed by atoms with Crippen LogP contribution in [0.15, 0.2) is 47.6 Å². The fourth-order valence-electron chi connectivity index (χ4n) is 2.57. The van der Waals surface area contributed by atoms with Crippen LogP contribution >= 0.6 is 0 Å². The Balaban J connectivity index is 1.79. The zero-order chi connectivity index (χ0) is 15.3. The predicted molar refractivity (Wildman–Crippen MR) is 73.0 cm³/mol. The Morgan fingerprint density at radius 3 is 2.52 bits per heavy atom. The summed E-state index contributed by atoms with van der Waals surface area (Å²) >= 11 is 0. The molecule has 1 saturated carbocycles. The van der Waals surface area contributed by atoms with E-state index < -0.39 is 27.6 Å². The first kappa shape index (κ1) is 14.2. The summed E-state index contributed by atoms with van der Waals surface area (Å²) < 4.78 is 51.8. The standard InChI is InChI=1S/C14H14F2N2O2S/c1-21(19,20)11-7-17-18(8-11)9-12-13(14(12,15)16)10-5-3-2-4-6-10/h2-8,12-13H,9H2,1H3/t12-,13-/m1/s1. The highest BCUT2D eigenvalue weighted by atomic mass is 32.2. The van der Waals surface area contributed by atoms with Crippen molar-refractivity contribution in [3.63, 3.8) is 0 Å². The predicted octanol–water partition coefficient (Wildman–Crippen LogP) is 2.34. The number of sulfone groups is 1. The van der Waals surface area contributed by atoms with E-state index in [1.54, 1.807) is 30.3 Å². The monoisotopic (exact) mass is 312 g/mol. The molecule has 1 aromatic heterocycles. The highest BCUT2D eigenvalue weighted by molar-refractivity contribution is 7.90. The molecular weight excluding hydrogens is 298 g/mol. The van der Waals surface area contributed by atoms with Gasteiger partial charge in [-0.1, -0.05) is 30.3 Å². The van der Waals surface area contributed by atoms with Crippen LogP contribution in [0.5, 0.6) is 0 Å². The summed E-state index contributed by atoms with van der Waals surface area (Å²) in [6.45, 7) is 0.00206. The average molecular weight is 312 g/mol. The van der Waals surface area contributed by atoms with Crippen molar-refractivity contribution in [2.75, 3.05) is 6.26 Å². The molecule has 7 heteroatoms. The van der Waals surface area contributed by atoms with Gasteiger partial charge in [-0.15, -0.1) is 0 Å². The molecule has 0 spiro atoms. The van der Waals surface area contributed by atoms with Crippen molar-refractivity contribution in [1.29, 1.82) is 0 Å². The Morgan fingerprint density at radius 2 is 1.95 bits per heavy atom. The number of aromatic nitrogens is 2. The molecule has 0 unspecified atom stereocenters. The van der Waals surface area contributed by atoms with Crippen molar-refractivity contribution in [3.05, 3.63) is 48.3 Å². The molecule has 21 heavy (non-hydrogen) atoms. The van der Waals surface area contributed by atoms with E-state index in [9.17, 15) is 17.2 Å². The van der Waals surface area contributed by atoms with E-state index >= 15 is 0 Å². The van der Waals surface area contributed by atoms with Crippen LogP contribution in [0.25, 0.3) is 0 Å². The number of hydrogen-bond donors (Lipinski definition) is 0. The molecule has 1 heterocycles. The van der Waals surface area contributed by atoms with E-state index in [4.69, 9.17) is 0 Å². The lowest BCUT2D eigenvalue weighted by Gasteiger charge is -1.99. The fraction of sp³-hybridized carbons (Fsp3) is 0.357. The van der Waals surface area contributed by atoms with Crippen LogP contribution in [-0.4, -0.2) is 30.4 Å². The minimum absolute atomic E-state index is 0.00206. The summed E-state index contributed by atoms with van der Waals surface area (Å²) in [4.78, 5) is 0.0442. The fourth-order valence-corrected chi connectivity index (χ4v) is 3.12. The third kappa shape index (κ3) is 2.57. The van der Waals surface area contributed by atoms with E-state index in [-0.39, 0.29) is 11.4 Å². The van der Waals surface area contributed by atoms with Gasteiger partial charge in [-0.05, 0) is 5.56 Å². The highest BCUT2D eigenvalue weighted by Crippen LogP contribution is 2.62. The van der Waals surface area contributed by atoms with Gasteiger partial charge in [-0.3, -0.25) is 4.68 Å². The Bertz CT molecular complexity index is 756. The van der Waals surface area contributed by atoms with Crippen molar-refractivity contribution in [2.24, 2.45) is 5.92 Å². The maximum absolute atomic E-state index is 13.9. The minimum Gasteiger partial charge on any atom is -0.271 e. The van der Waals surface area contributed by atoms with Crippen LogP contribution < -0.4 is 0 Å². The molecule has 1 aliphatic carbocycles. The first-order valence-electron chi connectivity index (χ1n) is 6.45. The van der Waals surface area contributed by atoms with Gasteiger partial charge in [-0.25, -0.2) is 17.2 Å². The second kappa shape index (κ2) is 4.62. The molecule has 0 radical (unpaired) electrons. The Morgan fingerprint density at radius 1 is 1.29 bits per heavy atom. The van der Waals surface area contributed by atoms with E-state index in [2.05, 4.69) is 5.10 Å². The SMILES string of the molecule is CS(=O)(=O)c1cnn(C[C@@H]2[C@@H](c3ccccc3)C2(F)F)c1. The molecule has 0 saturated heterocycles. The zero-order valence-electron chi connectivity index (χ0n) is 11.3. The van der Waals surface area contributed by atoms with Crippen LogP contribution in [0.4, 0.5) is 8.78 Å². The van der Waals surface area contributed by atoms with Crippen LogP contribution in [0.1, 0.15) is 11.5 Å². The van der Waals surface area contributed by atoms with Gasteiger partial charge in [0.1, 0.15) is 4.90 Å². The summed E-state index contributed by atoms with van der Waals surface area (Å²) in [6.07, 6.45) is 3.55. The molecule has 1 aliphatic rings. The van der Waals surface area contributed by atoms with Crippen molar-refractivity contribution in [2.45, 2.75) is 23.3 Å². The normalized spacial score (nSPS) is 24.0. The van der Waals surface area contributed by atoms with E-state index in [1.807, 2.05) is 0 Å². The quantitative estimate of drug-likeness (QED) is 0.871. The van der Waals surface area contributed by atoms with Gasteiger partial charge in [0, 0.05) is 12.5 Å². The maximum Gasteiger partial charge on any atom is 0.260 e. The molecule has 1 aromatic carbocycles. The van der Waals surface area contributed by atoms with Gasteiger partial charge in [-0.2, -0.15) is 5.10 Å². The Hall–Kier alpha value is -1.76. The summed E-state index contributed by atoms with van der Waals surface area (Å²) in [5.41, 5.74) is 0.600. The number of rotatable bonds is 4. The molecule has 2 atom stereocenters. The van der Waals surface area contributed by atoms with Crippen LogP contribution in [0.3, 0.4) is 0 Å². The summed E-state index contributed by atoms with van der Waals surface area (Å²) in [5, 5.41) is 3.86. The first-order valence-corrected chi connectivity index (χ1v) is 8.34. The third-order valence-corrected chi connectivity index (χ3v) is 4.85. The number of benzene rings is 1. The van der Waals surface area contributed by atoms with E-state index in [0.29, 0.717) is 5.56 Å². The number of hydrogen-bond acceptors (Lipinski definition) is 3. The summed E-state index contributed by atoms with van der Waals surface area (Å²) in [7, 11) is -3.36. The molecule has 1 fully saturated rings. The molecular formula is C14H14F2N2O2S.